The molecule has 0 nitrogen and oxygen atoms in total. The van der Waals surface area contributed by atoms with E-state index in [0.29, 0.717) is 0 Å². The molecule has 0 fully saturated rings. The van der Waals surface area contributed by atoms with Crippen LogP contribution in [0.15, 0.2) is 0 Å². The van der Waals surface area contributed by atoms with Crippen molar-refractivity contribution in [2.75, 3.05) is 0 Å². The van der Waals surface area contributed by atoms with Crippen LogP contribution >= 0.6 is 0 Å². The van der Waals surface area contributed by atoms with Gasteiger partial charge in [0, 0.05) is 0 Å². The van der Waals surface area contributed by atoms with E-state index in [1.165, 1.54) is 19.3 Å². The van der Waals surface area contributed by atoms with Gasteiger partial charge in [-0.15, -0.1) is 0 Å². The van der Waals surface area contributed by atoms with Gasteiger partial charge in [-0.2, -0.15) is 0 Å². The summed E-state index contributed by atoms with van der Waals surface area (Å²) in [6, 6.07) is 0. The van der Waals surface area contributed by atoms with E-state index >= 15 is 0 Å². The molecule has 0 aliphatic heterocycles. The number of hydrogen-bond donors (Lipinski definition) is 0. The summed E-state index contributed by atoms with van der Waals surface area (Å²) >= 11 is 0. The van der Waals surface area contributed by atoms with Crippen LogP contribution in [0.25, 0.3) is 0 Å². The summed E-state index contributed by atoms with van der Waals surface area (Å²) in [5.41, 5.74) is 0. The Bertz CT molecular complexity index is 99.2. The first-order valence-electron chi connectivity index (χ1n) is 5.41. The van der Waals surface area contributed by atoms with E-state index < -0.39 is 0 Å². The third-order valence-corrected chi connectivity index (χ3v) is 2.24. The first-order chi connectivity index (χ1) is 5.56. The molecular weight excluding hydrogens is 143 g/mol. The molecule has 0 aliphatic carbocycles. The average molecular weight is 167 g/mol. The highest BCUT2D eigenvalue weighted by Gasteiger charge is 2.10. The van der Waals surface area contributed by atoms with Crippen molar-refractivity contribution in [1.29, 1.82) is 0 Å². The Balaban J connectivity index is 3.46. The zero-order chi connectivity index (χ0) is 9.56. The van der Waals surface area contributed by atoms with Crippen molar-refractivity contribution in [3.63, 3.8) is 0 Å². The van der Waals surface area contributed by atoms with E-state index in [-0.39, 0.29) is 0 Å². The lowest BCUT2D eigenvalue weighted by atomic mass is 9.53. The van der Waals surface area contributed by atoms with Gasteiger partial charge in [-0.05, 0) is 5.92 Å². The maximum Gasteiger partial charge on any atom is 0.117 e. The van der Waals surface area contributed by atoms with Crippen molar-refractivity contribution >= 4 is 7.28 Å². The van der Waals surface area contributed by atoms with Crippen LogP contribution in [0.5, 0.6) is 0 Å². The fraction of sp³-hybridized carbons (Fsp3) is 1.00. The van der Waals surface area contributed by atoms with Gasteiger partial charge in [0.15, 0.2) is 0 Å². The van der Waals surface area contributed by atoms with Gasteiger partial charge in [0.2, 0.25) is 0 Å². The third-order valence-electron chi connectivity index (χ3n) is 2.24. The SMILES string of the molecule is CCCC(C)[B]C(C)CC(C)C. The summed E-state index contributed by atoms with van der Waals surface area (Å²) in [5.74, 6) is 2.44. The molecule has 0 saturated heterocycles. The molecule has 0 aliphatic rings. The van der Waals surface area contributed by atoms with Crippen LogP contribution in [0.3, 0.4) is 0 Å². The minimum atomic E-state index is 0.798. The van der Waals surface area contributed by atoms with Crippen molar-refractivity contribution in [1.82, 2.24) is 0 Å². The highest BCUT2D eigenvalue weighted by Crippen LogP contribution is 2.22. The minimum absolute atomic E-state index is 0.798. The molecule has 0 aromatic heterocycles. The Labute approximate surface area is 79.4 Å². The molecule has 0 rings (SSSR count). The monoisotopic (exact) mass is 167 g/mol. The van der Waals surface area contributed by atoms with Gasteiger partial charge in [-0.1, -0.05) is 65.5 Å². The van der Waals surface area contributed by atoms with Crippen LogP contribution in [0, 0.1) is 5.92 Å². The fourth-order valence-corrected chi connectivity index (χ4v) is 1.93. The van der Waals surface area contributed by atoms with E-state index in [1.54, 1.807) is 0 Å². The van der Waals surface area contributed by atoms with Crippen molar-refractivity contribution in [2.24, 2.45) is 5.92 Å². The van der Waals surface area contributed by atoms with Gasteiger partial charge >= 0.3 is 0 Å². The highest BCUT2D eigenvalue weighted by atomic mass is 14.0. The smallest absolute Gasteiger partial charge is 0.0714 e. The molecule has 0 saturated carbocycles. The number of rotatable bonds is 6. The molecule has 0 amide bonds. The molecule has 0 bridgehead atoms. The van der Waals surface area contributed by atoms with Crippen LogP contribution in [0.1, 0.15) is 53.9 Å². The Morgan fingerprint density at radius 2 is 1.58 bits per heavy atom. The van der Waals surface area contributed by atoms with E-state index in [4.69, 9.17) is 0 Å². The Morgan fingerprint density at radius 3 is 2.00 bits per heavy atom. The average Bonchev–Trinajstić information content (AvgIpc) is 1.84. The van der Waals surface area contributed by atoms with Crippen molar-refractivity contribution < 1.29 is 0 Å². The maximum absolute atomic E-state index is 2.52. The van der Waals surface area contributed by atoms with Crippen molar-refractivity contribution in [3.8, 4) is 0 Å². The van der Waals surface area contributed by atoms with Crippen molar-refractivity contribution in [2.45, 2.75) is 65.5 Å². The molecule has 1 radical (unpaired) electrons. The summed E-state index contributed by atoms with van der Waals surface area (Å²) in [7, 11) is 2.52. The van der Waals surface area contributed by atoms with Gasteiger partial charge in [0.25, 0.3) is 0 Å². The van der Waals surface area contributed by atoms with Crippen LogP contribution in [-0.4, -0.2) is 7.28 Å². The predicted molar refractivity (Wildman–Crippen MR) is 59.0 cm³/mol. The highest BCUT2D eigenvalue weighted by molar-refractivity contribution is 6.39. The predicted octanol–water partition coefficient (Wildman–Crippen LogP) is 4.15. The quantitative estimate of drug-likeness (QED) is 0.521. The molecular formula is C11H24B. The van der Waals surface area contributed by atoms with E-state index in [9.17, 15) is 0 Å². The zero-order valence-corrected chi connectivity index (χ0v) is 9.43. The lowest BCUT2D eigenvalue weighted by Gasteiger charge is -2.16. The minimum Gasteiger partial charge on any atom is -0.0714 e. The molecule has 0 N–H and O–H groups in total. The van der Waals surface area contributed by atoms with Gasteiger partial charge < -0.3 is 0 Å². The lowest BCUT2D eigenvalue weighted by molar-refractivity contribution is 0.568. The van der Waals surface area contributed by atoms with E-state index in [1.807, 2.05) is 0 Å². The molecule has 0 aromatic carbocycles. The third kappa shape index (κ3) is 6.76. The topological polar surface area (TPSA) is 0 Å². The molecule has 0 spiro atoms. The van der Waals surface area contributed by atoms with Crippen molar-refractivity contribution in [3.05, 3.63) is 0 Å². The molecule has 71 valence electrons. The summed E-state index contributed by atoms with van der Waals surface area (Å²) in [4.78, 5) is 0. The first kappa shape index (κ1) is 12.1. The molecule has 2 unspecified atom stereocenters. The van der Waals surface area contributed by atoms with E-state index in [0.717, 1.165) is 17.6 Å². The molecule has 0 heterocycles. The molecule has 12 heavy (non-hydrogen) atoms. The standard InChI is InChI=1S/C11H24B/c1-6-7-10(4)12-11(5)8-9(2)3/h9-11H,6-8H2,1-5H3. The van der Waals surface area contributed by atoms with Crippen LogP contribution in [-0.2, 0) is 0 Å². The maximum atomic E-state index is 2.52. The first-order valence-corrected chi connectivity index (χ1v) is 5.41. The van der Waals surface area contributed by atoms with Crippen LogP contribution < -0.4 is 0 Å². The zero-order valence-electron chi connectivity index (χ0n) is 9.43. The van der Waals surface area contributed by atoms with E-state index in [2.05, 4.69) is 41.9 Å². The summed E-state index contributed by atoms with van der Waals surface area (Å²) in [6.07, 6.45) is 4.00. The van der Waals surface area contributed by atoms with Gasteiger partial charge in [0.1, 0.15) is 7.28 Å². The Kier molecular flexibility index (Phi) is 6.60. The second kappa shape index (κ2) is 6.57. The summed E-state index contributed by atoms with van der Waals surface area (Å²) < 4.78 is 0. The van der Waals surface area contributed by atoms with Crippen LogP contribution in [0.2, 0.25) is 11.6 Å². The van der Waals surface area contributed by atoms with Crippen LogP contribution in [0.4, 0.5) is 0 Å². The molecule has 0 aromatic rings. The Hall–Kier alpha value is 0.0649. The molecule has 2 atom stereocenters. The van der Waals surface area contributed by atoms with Gasteiger partial charge in [-0.25, -0.2) is 0 Å². The number of hydrogen-bond acceptors (Lipinski definition) is 0. The Morgan fingerprint density at radius 1 is 1.00 bits per heavy atom. The second-order valence-corrected chi connectivity index (χ2v) is 4.57. The summed E-state index contributed by atoms with van der Waals surface area (Å²) in [6.45, 7) is 11.5. The van der Waals surface area contributed by atoms with Gasteiger partial charge in [0.05, 0.1) is 0 Å². The second-order valence-electron chi connectivity index (χ2n) is 4.57. The normalized spacial score (nSPS) is 16.2. The van der Waals surface area contributed by atoms with Gasteiger partial charge in [-0.3, -0.25) is 0 Å². The largest absolute Gasteiger partial charge is 0.117 e. The lowest BCUT2D eigenvalue weighted by Crippen LogP contribution is -2.08. The fourth-order valence-electron chi connectivity index (χ4n) is 1.93. The summed E-state index contributed by atoms with van der Waals surface area (Å²) in [5, 5.41) is 0. The molecule has 1 heteroatoms.